The number of carbonyl (C=O) groups is 4. The summed E-state index contributed by atoms with van der Waals surface area (Å²) in [5.41, 5.74) is 18.6. The number of nitrogens with zero attached hydrogens (tertiary/aromatic N) is 12. The van der Waals surface area contributed by atoms with Gasteiger partial charge in [0.15, 0.2) is 46.2 Å². The van der Waals surface area contributed by atoms with E-state index in [4.69, 9.17) is 36.1 Å². The summed E-state index contributed by atoms with van der Waals surface area (Å²) in [6, 6.07) is 51.6. The Morgan fingerprint density at radius 3 is 0.942 bits per heavy atom. The fraction of sp³-hybridized carbons (Fsp3) is 0.376. The molecule has 10 aliphatic rings. The van der Waals surface area contributed by atoms with E-state index >= 15 is 0 Å². The number of aliphatic hydroxyl groups is 1. The minimum atomic E-state index is -0.0347. The second-order valence-electron chi connectivity index (χ2n) is 37.5. The van der Waals surface area contributed by atoms with E-state index in [0.717, 1.165) is 266 Å². The average Bonchev–Trinajstić information content (AvgIpc) is 1.53. The highest BCUT2D eigenvalue weighted by Gasteiger charge is 2.41. The second kappa shape index (κ2) is 39.8. The van der Waals surface area contributed by atoms with Gasteiger partial charge in [0.05, 0.1) is 112 Å². The summed E-state index contributed by atoms with van der Waals surface area (Å²) in [6.45, 7) is 25.0. The first-order chi connectivity index (χ1) is 68.0. The Hall–Kier alpha value is -13.7. The highest BCUT2D eigenvalue weighted by Crippen LogP contribution is 2.52. The summed E-state index contributed by atoms with van der Waals surface area (Å²) in [5.74, 6) is 5.10. The van der Waals surface area contributed by atoms with Gasteiger partial charge in [-0.15, -0.1) is 0 Å². The monoisotopic (exact) mass is 1860 g/mol. The average molecular weight is 1860 g/mol. The van der Waals surface area contributed by atoms with Crippen molar-refractivity contribution < 1.29 is 60.4 Å². The molecule has 29 nitrogen and oxygen atoms in total. The summed E-state index contributed by atoms with van der Waals surface area (Å²) in [6.07, 6.45) is 20.5. The molecular formula is C109H116N16O13. The molecule has 0 radical (unpaired) electrons. The van der Waals surface area contributed by atoms with Crippen LogP contribution in [0.5, 0.6) is 0 Å². The quantitative estimate of drug-likeness (QED) is 0.0332. The zero-order valence-electron chi connectivity index (χ0n) is 78.3. The number of ketones is 4. The Morgan fingerprint density at radius 2 is 0.652 bits per heavy atom. The van der Waals surface area contributed by atoms with E-state index in [9.17, 15) is 24.3 Å². The lowest BCUT2D eigenvalue weighted by Crippen LogP contribution is -2.51. The van der Waals surface area contributed by atoms with Crippen molar-refractivity contribution in [3.63, 3.8) is 0 Å². The van der Waals surface area contributed by atoms with E-state index in [1.807, 2.05) is 146 Å². The molecule has 0 unspecified atom stereocenters. The number of β-amino-alcohol motifs (C(OH)–C–C–N with tert-alkyl or cyclic N) is 1. The van der Waals surface area contributed by atoms with Gasteiger partial charge in [-0.2, -0.15) is 0 Å². The zero-order chi connectivity index (χ0) is 93.3. The summed E-state index contributed by atoms with van der Waals surface area (Å²) < 4.78 is 45.7. The SMILES string of the molecule is CCCN1CCN(c2cc(NCc3ccco3)c3c4c(onc24)-c2ccccc2C3=O)CC1.CCOCCCNc1cc(N2CCN(C3CCCCC3)CC2)c2noc3c2c1C(=O)c1ccccc1-3.O=C1c2ccccc2-c2onc3c(N4CCN(C5CCCCC5)CC4)cc(NCc4ccco4)c1c23.O=C1c2ccccc2-c2onc3c(N4CCN(CCO)CC4)cc(NCc4ccco4)c1c23. The molecule has 710 valence electrons. The third-order valence-corrected chi connectivity index (χ3v) is 29.5. The Labute approximate surface area is 799 Å². The minimum Gasteiger partial charge on any atom is -0.467 e. The molecule has 8 aromatic carbocycles. The lowest BCUT2D eigenvalue weighted by Gasteiger charge is -2.41. The first-order valence-electron chi connectivity index (χ1n) is 49.6. The highest BCUT2D eigenvalue weighted by molar-refractivity contribution is 6.32. The Morgan fingerprint density at radius 1 is 0.355 bits per heavy atom. The van der Waals surface area contributed by atoms with E-state index in [2.05, 4.69) is 106 Å². The van der Waals surface area contributed by atoms with Gasteiger partial charge in [0.1, 0.15) is 39.3 Å². The van der Waals surface area contributed by atoms with Crippen molar-refractivity contribution in [1.82, 2.24) is 40.2 Å². The molecule has 7 aromatic heterocycles. The molecule has 2 saturated carbocycles. The number of hydrogen-bond donors (Lipinski definition) is 5. The molecule has 0 bridgehead atoms. The first-order valence-corrected chi connectivity index (χ1v) is 49.6. The summed E-state index contributed by atoms with van der Waals surface area (Å²) in [7, 11) is 0. The number of anilines is 8. The van der Waals surface area contributed by atoms with Crippen molar-refractivity contribution in [2.24, 2.45) is 0 Å². The number of piperazine rings is 4. The Balaban J connectivity index is 0.000000106. The van der Waals surface area contributed by atoms with Crippen LogP contribution in [0.4, 0.5) is 45.5 Å². The molecule has 29 heteroatoms. The maximum atomic E-state index is 13.7. The van der Waals surface area contributed by atoms with Gasteiger partial charge in [0.25, 0.3) is 0 Å². The fourth-order valence-corrected chi connectivity index (χ4v) is 22.4. The summed E-state index contributed by atoms with van der Waals surface area (Å²) in [4.78, 5) is 74.2. The number of ether oxygens (including phenoxy) is 1. The number of furan rings is 3. The van der Waals surface area contributed by atoms with Crippen LogP contribution in [-0.2, 0) is 24.4 Å². The van der Waals surface area contributed by atoms with E-state index in [1.54, 1.807) is 18.8 Å². The maximum absolute atomic E-state index is 13.7. The number of aliphatic hydroxyl groups excluding tert-OH is 1. The smallest absolute Gasteiger partial charge is 0.196 e. The molecule has 15 aromatic rings. The van der Waals surface area contributed by atoms with Crippen molar-refractivity contribution in [1.29, 1.82) is 0 Å². The lowest BCUT2D eigenvalue weighted by atomic mass is 9.86. The van der Waals surface area contributed by atoms with E-state index in [-0.39, 0.29) is 29.7 Å². The van der Waals surface area contributed by atoms with Crippen LogP contribution < -0.4 is 40.9 Å². The number of benzene rings is 8. The van der Waals surface area contributed by atoms with Gasteiger partial charge >= 0.3 is 0 Å². The van der Waals surface area contributed by atoms with Crippen molar-refractivity contribution in [2.45, 2.75) is 123 Å². The summed E-state index contributed by atoms with van der Waals surface area (Å²) in [5, 5.41) is 44.4. The molecule has 138 heavy (non-hydrogen) atoms. The van der Waals surface area contributed by atoms with Crippen LogP contribution in [0.1, 0.15) is 172 Å². The standard InChI is InChI=1S/C29H30N4O3.C29H36N4O3.C26H26N4O3.C25H24N4O4/c34-28-21-10-4-5-11-22(21)29-26-25(28)23(30-18-20-9-6-16-35-20)17-24(27(26)31-36-29)33-14-12-32(13-15-33)19-7-2-1-3-8-19;1-2-35-18-8-13-30-23-19-24(33-16-14-32(15-17-33)20-9-4-3-5-10-20)27-26-25(23)28(34)21-11-6-7-12-22(21)29(26)36-31-27;1-2-9-29-10-12-30(13-11-29)21-15-20(27-16-17-6-5-14-32-17)22-23-24(21)28-33-26(23)19-8-4-3-7-18(19)25(22)31;30-12-11-28-7-9-29(10-8-28)20-14-19(26-15-16-4-3-13-32-16)21-22-23(20)27-33-25(22)18-6-2-1-5-17(18)24(21)31/h4-6,9-11,16-17,19,30H,1-3,7-8,12-15,18H2;6-7,11-12,19-20,30H,2-5,8-10,13-18H2,1H3;3-8,14-15,27H,2,9-13,16H2,1H3;1-6,13-14,26,30H,7-12,15H2. The second-order valence-corrected chi connectivity index (χ2v) is 37.5. The number of aromatic nitrogens is 4. The molecule has 25 rings (SSSR count). The van der Waals surface area contributed by atoms with Crippen LogP contribution >= 0.6 is 0 Å². The van der Waals surface area contributed by atoms with Crippen molar-refractivity contribution >= 4 is 112 Å². The molecule has 0 atom stereocenters. The van der Waals surface area contributed by atoms with Crippen LogP contribution in [0, 0.1) is 0 Å². The fourth-order valence-electron chi connectivity index (χ4n) is 22.4. The molecule has 4 aliphatic heterocycles. The predicted molar refractivity (Wildman–Crippen MR) is 535 cm³/mol. The third kappa shape index (κ3) is 17.2. The molecule has 11 heterocycles. The molecule has 4 saturated heterocycles. The van der Waals surface area contributed by atoms with Crippen LogP contribution in [0.2, 0.25) is 0 Å². The van der Waals surface area contributed by atoms with Gasteiger partial charge in [-0.1, -0.05) is 163 Å². The largest absolute Gasteiger partial charge is 0.467 e. The van der Waals surface area contributed by atoms with Crippen molar-refractivity contribution in [3.05, 3.63) is 238 Å². The van der Waals surface area contributed by atoms with Gasteiger partial charge in [-0.05, 0) is 113 Å². The van der Waals surface area contributed by atoms with Crippen molar-refractivity contribution in [2.75, 3.05) is 185 Å². The maximum Gasteiger partial charge on any atom is 0.196 e. The normalized spacial score (nSPS) is 17.2. The zero-order valence-corrected chi connectivity index (χ0v) is 78.3. The Kier molecular flexibility index (Phi) is 25.8. The van der Waals surface area contributed by atoms with Gasteiger partial charge < -0.3 is 82.1 Å². The highest BCUT2D eigenvalue weighted by atomic mass is 16.5. The van der Waals surface area contributed by atoms with E-state index in [0.29, 0.717) is 112 Å². The topological polar surface area (TPSA) is 315 Å². The van der Waals surface area contributed by atoms with Crippen molar-refractivity contribution in [3.8, 4) is 45.3 Å². The molecule has 6 aliphatic carbocycles. The van der Waals surface area contributed by atoms with E-state index in [1.165, 1.54) is 64.2 Å². The summed E-state index contributed by atoms with van der Waals surface area (Å²) >= 11 is 0. The predicted octanol–water partition coefficient (Wildman–Crippen LogP) is 19.2. The first kappa shape index (κ1) is 89.5. The number of hydrogen-bond acceptors (Lipinski definition) is 29. The number of nitrogens with one attached hydrogen (secondary N) is 4. The molecular weight excluding hydrogens is 1740 g/mol. The molecule has 0 spiro atoms. The van der Waals surface area contributed by atoms with Crippen LogP contribution in [0.15, 0.2) is 208 Å². The van der Waals surface area contributed by atoms with Gasteiger partial charge in [-0.3, -0.25) is 38.8 Å². The number of carbonyl (C=O) groups excluding carboxylic acids is 4. The lowest BCUT2D eigenvalue weighted by molar-refractivity contribution is 0.103. The molecule has 5 N–H and O–H groups in total. The van der Waals surface area contributed by atoms with Gasteiger partial charge in [0.2, 0.25) is 0 Å². The van der Waals surface area contributed by atoms with Crippen LogP contribution in [0.25, 0.3) is 88.9 Å². The third-order valence-electron chi connectivity index (χ3n) is 29.5. The Bertz CT molecular complexity index is 6720. The van der Waals surface area contributed by atoms with Gasteiger partial charge in [0, 0.05) is 210 Å². The minimum absolute atomic E-state index is 0.00177. The van der Waals surface area contributed by atoms with Crippen LogP contribution in [0.3, 0.4) is 0 Å². The van der Waals surface area contributed by atoms with Crippen LogP contribution in [-0.4, -0.2) is 225 Å². The van der Waals surface area contributed by atoms with E-state index < -0.39 is 0 Å². The number of rotatable bonds is 25. The molecule has 0 amide bonds. The van der Waals surface area contributed by atoms with Gasteiger partial charge in [-0.25, -0.2) is 0 Å². The molecule has 6 fully saturated rings. The number of fused-ring (bicyclic) bond motifs is 8.